The summed E-state index contributed by atoms with van der Waals surface area (Å²) in [5.74, 6) is 0.558. The second kappa shape index (κ2) is 22.3. The summed E-state index contributed by atoms with van der Waals surface area (Å²) in [5.41, 5.74) is 6.23. The first-order chi connectivity index (χ1) is 32.2. The molecule has 3 aromatic carbocycles. The first kappa shape index (κ1) is 52.0. The van der Waals surface area contributed by atoms with Crippen molar-refractivity contribution in [3.05, 3.63) is 116 Å². The van der Waals surface area contributed by atoms with E-state index >= 15 is 0 Å². The first-order valence-corrected chi connectivity index (χ1v) is 24.5. The zero-order valence-electron chi connectivity index (χ0n) is 36.5. The van der Waals surface area contributed by atoms with Crippen molar-refractivity contribution >= 4 is 48.7 Å². The van der Waals surface area contributed by atoms with Crippen molar-refractivity contribution in [3.8, 4) is 34.4 Å². The Hall–Kier alpha value is -5.41. The van der Waals surface area contributed by atoms with Gasteiger partial charge in [-0.3, -0.25) is 23.8 Å². The third kappa shape index (κ3) is 12.8. The van der Waals surface area contributed by atoms with Crippen molar-refractivity contribution in [2.75, 3.05) is 26.7 Å². The Balaban J connectivity index is 1.16. The van der Waals surface area contributed by atoms with Gasteiger partial charge >= 0.3 is 0 Å². The Labute approximate surface area is 404 Å². The van der Waals surface area contributed by atoms with Crippen molar-refractivity contribution in [1.82, 2.24) is 30.2 Å². The largest absolute Gasteiger partial charge is 0.488 e. The number of alkyl halides is 1. The number of ether oxygens (including phenoxy) is 4. The van der Waals surface area contributed by atoms with Gasteiger partial charge in [0.1, 0.15) is 67.1 Å². The van der Waals surface area contributed by atoms with Crippen LogP contribution in [0.15, 0.2) is 73.2 Å². The van der Waals surface area contributed by atoms with Gasteiger partial charge in [0.05, 0.1) is 35.0 Å². The van der Waals surface area contributed by atoms with Gasteiger partial charge in [0.15, 0.2) is 12.4 Å². The number of carbonyl (C=O) groups is 1. The number of nitrogens with one attached hydrogen (secondary N) is 1. The van der Waals surface area contributed by atoms with E-state index in [1.807, 2.05) is 50.2 Å². The number of carbonyl (C=O) groups excluding carboxylic acids is 1. The van der Waals surface area contributed by atoms with Crippen LogP contribution in [-0.2, 0) is 56.1 Å². The van der Waals surface area contributed by atoms with E-state index in [4.69, 9.17) is 18.9 Å². The Bertz CT molecular complexity index is 2850. The molecule has 5 aromatic rings. The van der Waals surface area contributed by atoms with Gasteiger partial charge in [0, 0.05) is 36.1 Å². The standard InChI is InChI=1S/C43H47FIN7O14S2/c1-24-28(6-4-7-31(24)32-8-5-9-34(25(32)2)65-23-30-18-52(50-49-30)43-40(44)42(56)41(55)37(20-53)66-43)22-64-36-12-35(63-21-27-10-26(13-46)14-47-15-27)29(11-33(36)45)17-51(3)19-38(54)48-16-39(67(57,58)59)68(60,61)62/h4-12,14-15,18,37,39-43,53,55-56H,16-17,19-23H2,1-3H3,(H,48,54)(H,57,58,59)(H,60,61,62)/t37-,40-,41-,42-,43-/m1/s1. The van der Waals surface area contributed by atoms with Crippen LogP contribution in [0.1, 0.15) is 45.3 Å². The highest BCUT2D eigenvalue weighted by molar-refractivity contribution is 14.1. The second-order valence-corrected chi connectivity index (χ2v) is 20.4. The molecule has 364 valence electrons. The van der Waals surface area contributed by atoms with E-state index in [1.165, 1.54) is 17.3 Å². The van der Waals surface area contributed by atoms with E-state index in [0.717, 1.165) is 32.5 Å². The molecule has 1 amide bonds. The topological polar surface area (TPSA) is 306 Å². The van der Waals surface area contributed by atoms with Crippen molar-refractivity contribution in [2.45, 2.75) is 75.5 Å². The average molecular weight is 1100 g/mol. The summed E-state index contributed by atoms with van der Waals surface area (Å²) in [7, 11) is -8.94. The number of aliphatic hydroxyl groups is 3. The zero-order valence-corrected chi connectivity index (χ0v) is 40.3. The number of hydrogen-bond donors (Lipinski definition) is 6. The van der Waals surface area contributed by atoms with Crippen LogP contribution in [-0.4, -0.2) is 128 Å². The Morgan fingerprint density at radius 1 is 0.941 bits per heavy atom. The van der Waals surface area contributed by atoms with E-state index in [-0.39, 0.29) is 32.9 Å². The lowest BCUT2D eigenvalue weighted by Gasteiger charge is -2.38. The van der Waals surface area contributed by atoms with Crippen LogP contribution < -0.4 is 19.5 Å². The molecule has 2 aromatic heterocycles. The molecule has 5 atom stereocenters. The minimum absolute atomic E-state index is 0.00735. The molecule has 6 N–H and O–H groups in total. The predicted molar refractivity (Wildman–Crippen MR) is 247 cm³/mol. The summed E-state index contributed by atoms with van der Waals surface area (Å²) in [5, 5.41) is 49.1. The maximum absolute atomic E-state index is 14.9. The number of hydrogen-bond acceptors (Lipinski definition) is 17. The highest BCUT2D eigenvalue weighted by Crippen LogP contribution is 2.36. The lowest BCUT2D eigenvalue weighted by atomic mass is 9.93. The number of nitriles is 1. The summed E-state index contributed by atoms with van der Waals surface area (Å²) < 4.78 is 103. The third-order valence-corrected chi connectivity index (χ3v) is 14.8. The van der Waals surface area contributed by atoms with E-state index in [9.17, 15) is 55.7 Å². The van der Waals surface area contributed by atoms with Gasteiger partial charge in [0.2, 0.25) is 10.5 Å². The minimum Gasteiger partial charge on any atom is -0.488 e. The van der Waals surface area contributed by atoms with Crippen LogP contribution in [0.25, 0.3) is 11.1 Å². The number of halogens is 2. The zero-order chi connectivity index (χ0) is 49.5. The molecular weight excluding hydrogens is 1050 g/mol. The fraction of sp³-hybridized carbons (Fsp3) is 0.372. The molecule has 0 radical (unpaired) electrons. The molecule has 21 nitrogen and oxygen atoms in total. The number of aliphatic hydroxyl groups excluding tert-OH is 3. The van der Waals surface area contributed by atoms with Gasteiger partial charge < -0.3 is 39.6 Å². The molecule has 0 spiro atoms. The molecule has 1 saturated heterocycles. The summed E-state index contributed by atoms with van der Waals surface area (Å²) in [6.07, 6.45) is -3.74. The number of likely N-dealkylation sites (N-methyl/N-ethyl adjacent to an activating group) is 1. The molecule has 68 heavy (non-hydrogen) atoms. The van der Waals surface area contributed by atoms with Gasteiger partial charge in [-0.2, -0.15) is 22.1 Å². The monoisotopic (exact) mass is 1100 g/mol. The molecule has 1 aliphatic rings. The quantitative estimate of drug-likeness (QED) is 0.0482. The first-order valence-electron chi connectivity index (χ1n) is 20.5. The van der Waals surface area contributed by atoms with Gasteiger partial charge in [-0.25, -0.2) is 9.07 Å². The maximum atomic E-state index is 14.9. The number of aromatic nitrogens is 4. The van der Waals surface area contributed by atoms with Gasteiger partial charge in [-0.05, 0) is 89.5 Å². The number of benzene rings is 3. The van der Waals surface area contributed by atoms with E-state index in [1.54, 1.807) is 37.5 Å². The summed E-state index contributed by atoms with van der Waals surface area (Å²) in [6.45, 7) is 1.97. The maximum Gasteiger partial charge on any atom is 0.286 e. The Morgan fingerprint density at radius 3 is 2.31 bits per heavy atom. The smallest absolute Gasteiger partial charge is 0.286 e. The van der Waals surface area contributed by atoms with Crippen molar-refractivity contribution in [3.63, 3.8) is 0 Å². The van der Waals surface area contributed by atoms with Crippen LogP contribution in [0.3, 0.4) is 0 Å². The van der Waals surface area contributed by atoms with Crippen molar-refractivity contribution < 1.29 is 69.4 Å². The van der Waals surface area contributed by atoms with Crippen molar-refractivity contribution in [2.24, 2.45) is 0 Å². The number of rotatable bonds is 20. The molecule has 6 rings (SSSR count). The molecule has 0 unspecified atom stereocenters. The molecule has 25 heteroatoms. The van der Waals surface area contributed by atoms with Crippen LogP contribution in [0, 0.1) is 28.7 Å². The van der Waals surface area contributed by atoms with Gasteiger partial charge in [0.25, 0.3) is 20.2 Å². The third-order valence-electron chi connectivity index (χ3n) is 10.8. The molecule has 1 aliphatic heterocycles. The predicted octanol–water partition coefficient (Wildman–Crippen LogP) is 2.77. The van der Waals surface area contributed by atoms with E-state index < -0.39 is 74.6 Å². The minimum atomic E-state index is -5.25. The van der Waals surface area contributed by atoms with E-state index in [0.29, 0.717) is 43.2 Å². The van der Waals surface area contributed by atoms with Crippen LogP contribution in [0.4, 0.5) is 4.39 Å². The van der Waals surface area contributed by atoms with E-state index in [2.05, 4.69) is 43.2 Å². The van der Waals surface area contributed by atoms with Crippen LogP contribution in [0.5, 0.6) is 17.2 Å². The molecule has 0 aliphatic carbocycles. The summed E-state index contributed by atoms with van der Waals surface area (Å²) in [4.78, 5) is 18.3. The normalized spacial score (nSPS) is 18.6. The van der Waals surface area contributed by atoms with Gasteiger partial charge in [-0.1, -0.05) is 35.5 Å². The SMILES string of the molecule is Cc1c(COc2cc(OCc3cncc(C#N)c3)c(CN(C)CC(=O)NCC(S(=O)(=O)O)S(=O)(=O)O)cc2I)cccc1-c1cccc(OCc2cn([C@@H]3O[C@H](CO)[C@@H](O)[C@H](O)[C@H]3F)nn2)c1C. The molecule has 0 bridgehead atoms. The second-order valence-electron chi connectivity index (χ2n) is 15.8. The van der Waals surface area contributed by atoms with Crippen molar-refractivity contribution in [1.29, 1.82) is 5.26 Å². The lowest BCUT2D eigenvalue weighted by molar-refractivity contribution is -0.237. The van der Waals surface area contributed by atoms with Crippen LogP contribution in [0.2, 0.25) is 0 Å². The highest BCUT2D eigenvalue weighted by atomic mass is 127. The Morgan fingerprint density at radius 2 is 1.62 bits per heavy atom. The number of pyridine rings is 1. The fourth-order valence-corrected chi connectivity index (χ4v) is 9.72. The summed E-state index contributed by atoms with van der Waals surface area (Å²) >= 11 is 2.10. The number of amides is 1. The average Bonchev–Trinajstić information content (AvgIpc) is 3.75. The number of nitrogens with zero attached hydrogens (tertiary/aromatic N) is 6. The highest BCUT2D eigenvalue weighted by Gasteiger charge is 2.46. The molecule has 0 saturated carbocycles. The lowest BCUT2D eigenvalue weighted by Crippen LogP contribution is -2.55. The van der Waals surface area contributed by atoms with Crippen LogP contribution >= 0.6 is 22.6 Å². The molecular formula is C43H47FIN7O14S2. The fourth-order valence-electron chi connectivity index (χ4n) is 7.22. The Kier molecular flexibility index (Phi) is 17.1. The molecule has 1 fully saturated rings. The van der Waals surface area contributed by atoms with Gasteiger partial charge in [-0.15, -0.1) is 5.10 Å². The molecule has 3 heterocycles. The summed E-state index contributed by atoms with van der Waals surface area (Å²) in [6, 6.07) is 18.5.